The second-order valence-corrected chi connectivity index (χ2v) is 13.8. The number of carbonyl (C=O) groups excluding carboxylic acids is 1. The van der Waals surface area contributed by atoms with Crippen molar-refractivity contribution >= 4 is 20.4 Å². The van der Waals surface area contributed by atoms with Crippen LogP contribution in [0.3, 0.4) is 0 Å². The standard InChI is InChI=1S/C17H34N4O5Si/c1-16(2,3)25-15(24)21(20-19-18)12-13(10-9-11-14(22)23)26-27(7,8)17(4,5)6/h13H,9-12H2,1-8H3,(H,22,23). The van der Waals surface area contributed by atoms with Crippen molar-refractivity contribution < 1.29 is 23.9 Å². The molecule has 9 nitrogen and oxygen atoms in total. The normalized spacial score (nSPS) is 13.5. The highest BCUT2D eigenvalue weighted by molar-refractivity contribution is 6.74. The third-order valence-electron chi connectivity index (χ3n) is 4.31. The number of carboxylic acid groups (broad SMARTS) is 1. The molecular formula is C17H34N4O5Si. The van der Waals surface area contributed by atoms with Crippen LogP contribution < -0.4 is 0 Å². The maximum absolute atomic E-state index is 12.3. The maximum atomic E-state index is 12.3. The summed E-state index contributed by atoms with van der Waals surface area (Å²) in [4.78, 5) is 25.9. The topological polar surface area (TPSA) is 125 Å². The Kier molecular flexibility index (Phi) is 9.31. The second kappa shape index (κ2) is 9.96. The predicted molar refractivity (Wildman–Crippen MR) is 106 cm³/mol. The smallest absolute Gasteiger partial charge is 0.481 e. The summed E-state index contributed by atoms with van der Waals surface area (Å²) in [7, 11) is -2.18. The number of azide groups is 1. The summed E-state index contributed by atoms with van der Waals surface area (Å²) in [6.45, 7) is 15.6. The van der Waals surface area contributed by atoms with Gasteiger partial charge in [0, 0.05) is 6.42 Å². The van der Waals surface area contributed by atoms with Crippen molar-refractivity contribution in [3.05, 3.63) is 10.4 Å². The minimum Gasteiger partial charge on any atom is -0.481 e. The van der Waals surface area contributed by atoms with Gasteiger partial charge in [-0.25, -0.2) is 0 Å². The average molecular weight is 403 g/mol. The molecule has 0 radical (unpaired) electrons. The van der Waals surface area contributed by atoms with E-state index in [1.807, 2.05) is 0 Å². The molecule has 27 heavy (non-hydrogen) atoms. The van der Waals surface area contributed by atoms with E-state index in [4.69, 9.17) is 19.8 Å². The quantitative estimate of drug-likeness (QED) is 0.189. The Balaban J connectivity index is 5.39. The minimum absolute atomic E-state index is 0.00506. The summed E-state index contributed by atoms with van der Waals surface area (Å²) in [6.07, 6.45) is -0.386. The van der Waals surface area contributed by atoms with Crippen molar-refractivity contribution in [3.8, 4) is 0 Å². The Morgan fingerprint density at radius 3 is 2.19 bits per heavy atom. The Bertz CT molecular complexity index is 563. The summed E-state index contributed by atoms with van der Waals surface area (Å²) >= 11 is 0. The molecule has 0 aliphatic rings. The first-order valence-corrected chi connectivity index (χ1v) is 11.9. The molecule has 10 heteroatoms. The van der Waals surface area contributed by atoms with Gasteiger partial charge in [0.25, 0.3) is 0 Å². The van der Waals surface area contributed by atoms with Gasteiger partial charge in [0.05, 0.1) is 6.10 Å². The number of hydrogen-bond acceptors (Lipinski definition) is 5. The molecular weight excluding hydrogens is 368 g/mol. The fourth-order valence-electron chi connectivity index (χ4n) is 1.97. The van der Waals surface area contributed by atoms with Crippen LogP contribution >= 0.6 is 0 Å². The lowest BCUT2D eigenvalue weighted by molar-refractivity contribution is -0.137. The summed E-state index contributed by atoms with van der Waals surface area (Å²) in [6, 6.07) is 0. The highest BCUT2D eigenvalue weighted by atomic mass is 28.4. The molecule has 0 aromatic rings. The van der Waals surface area contributed by atoms with E-state index < -0.39 is 32.1 Å². The third kappa shape index (κ3) is 10.2. The van der Waals surface area contributed by atoms with Crippen LogP contribution in [0, 0.1) is 0 Å². The number of nitrogens with zero attached hydrogens (tertiary/aromatic N) is 4. The summed E-state index contributed by atoms with van der Waals surface area (Å²) in [5.74, 6) is -0.889. The van der Waals surface area contributed by atoms with Gasteiger partial charge in [0.2, 0.25) is 0 Å². The molecule has 1 amide bonds. The average Bonchev–Trinajstić information content (AvgIpc) is 2.42. The Morgan fingerprint density at radius 2 is 1.78 bits per heavy atom. The van der Waals surface area contributed by atoms with Crippen molar-refractivity contribution in [2.45, 2.75) is 90.6 Å². The Morgan fingerprint density at radius 1 is 1.22 bits per heavy atom. The van der Waals surface area contributed by atoms with Crippen LogP contribution in [0.2, 0.25) is 18.1 Å². The molecule has 0 rings (SSSR count). The van der Waals surface area contributed by atoms with E-state index in [0.29, 0.717) is 12.8 Å². The summed E-state index contributed by atoms with van der Waals surface area (Å²) in [5.41, 5.74) is 8.07. The van der Waals surface area contributed by atoms with Crippen LogP contribution in [-0.4, -0.2) is 48.7 Å². The summed E-state index contributed by atoms with van der Waals surface area (Å²) < 4.78 is 11.6. The molecule has 0 saturated carbocycles. The van der Waals surface area contributed by atoms with E-state index >= 15 is 0 Å². The van der Waals surface area contributed by atoms with E-state index in [-0.39, 0.29) is 18.0 Å². The second-order valence-electron chi connectivity index (χ2n) is 9.03. The van der Waals surface area contributed by atoms with Crippen molar-refractivity contribution in [1.82, 2.24) is 5.01 Å². The van der Waals surface area contributed by atoms with Crippen LogP contribution in [0.5, 0.6) is 0 Å². The lowest BCUT2D eigenvalue weighted by Crippen LogP contribution is -2.47. The molecule has 1 unspecified atom stereocenters. The number of carboxylic acids is 1. The number of carbonyl (C=O) groups is 2. The van der Waals surface area contributed by atoms with Crippen LogP contribution in [0.15, 0.2) is 5.22 Å². The molecule has 0 aliphatic carbocycles. The van der Waals surface area contributed by atoms with Crippen molar-refractivity contribution in [1.29, 1.82) is 0 Å². The molecule has 1 N–H and O–H groups in total. The van der Waals surface area contributed by atoms with Crippen LogP contribution in [0.25, 0.3) is 10.4 Å². The SMILES string of the molecule is CC(C)(C)OC(=O)N(CC(CCCC(=O)O)O[Si](C)(C)C(C)(C)C)N=[N+]=[N-]. The third-order valence-corrected chi connectivity index (χ3v) is 8.85. The molecule has 0 bridgehead atoms. The first kappa shape index (κ1) is 25.2. The van der Waals surface area contributed by atoms with Gasteiger partial charge in [0.15, 0.2) is 8.32 Å². The molecule has 0 saturated heterocycles. The van der Waals surface area contributed by atoms with Gasteiger partial charge in [0.1, 0.15) is 12.1 Å². The van der Waals surface area contributed by atoms with Crippen LogP contribution in [0.1, 0.15) is 60.8 Å². The van der Waals surface area contributed by atoms with Crippen LogP contribution in [-0.2, 0) is 14.0 Å². The van der Waals surface area contributed by atoms with E-state index in [9.17, 15) is 9.59 Å². The monoisotopic (exact) mass is 402 g/mol. The van der Waals surface area contributed by atoms with E-state index in [1.165, 1.54) is 0 Å². The highest BCUT2D eigenvalue weighted by Crippen LogP contribution is 2.38. The fraction of sp³-hybridized carbons (Fsp3) is 0.882. The number of ether oxygens (including phenoxy) is 1. The number of amides is 1. The zero-order chi connectivity index (χ0) is 21.5. The van der Waals surface area contributed by atoms with Gasteiger partial charge in [-0.05, 0) is 57.0 Å². The molecule has 0 spiro atoms. The zero-order valence-corrected chi connectivity index (χ0v) is 18.8. The molecule has 0 aliphatic heterocycles. The summed E-state index contributed by atoms with van der Waals surface area (Å²) in [5, 5.41) is 13.2. The van der Waals surface area contributed by atoms with Gasteiger partial charge in [-0.3, -0.25) is 4.79 Å². The highest BCUT2D eigenvalue weighted by Gasteiger charge is 2.40. The van der Waals surface area contributed by atoms with Gasteiger partial charge in [-0.1, -0.05) is 20.8 Å². The molecule has 0 heterocycles. The lowest BCUT2D eigenvalue weighted by atomic mass is 10.1. The van der Waals surface area contributed by atoms with Crippen molar-refractivity contribution in [2.24, 2.45) is 5.22 Å². The molecule has 0 aromatic carbocycles. The maximum Gasteiger partial charge on any atom is 0.510 e. The first-order chi connectivity index (χ1) is 12.1. The van der Waals surface area contributed by atoms with Gasteiger partial charge < -0.3 is 14.3 Å². The molecule has 0 fully saturated rings. The van der Waals surface area contributed by atoms with E-state index in [2.05, 4.69) is 44.0 Å². The molecule has 1 atom stereocenters. The lowest BCUT2D eigenvalue weighted by Gasteiger charge is -2.39. The van der Waals surface area contributed by atoms with Crippen LogP contribution in [0.4, 0.5) is 4.79 Å². The largest absolute Gasteiger partial charge is 0.510 e. The van der Waals surface area contributed by atoms with Crippen molar-refractivity contribution in [2.75, 3.05) is 6.54 Å². The number of aliphatic carboxylic acids is 1. The van der Waals surface area contributed by atoms with Gasteiger partial charge in [-0.2, -0.15) is 9.71 Å². The Hall–Kier alpha value is -1.77. The van der Waals surface area contributed by atoms with Gasteiger partial charge in [-0.15, -0.1) is 10.5 Å². The molecule has 0 aromatic heterocycles. The molecule has 156 valence electrons. The predicted octanol–water partition coefficient (Wildman–Crippen LogP) is 5.09. The minimum atomic E-state index is -2.18. The first-order valence-electron chi connectivity index (χ1n) is 9.04. The Labute approximate surface area is 162 Å². The fourth-order valence-corrected chi connectivity index (χ4v) is 3.34. The van der Waals surface area contributed by atoms with Gasteiger partial charge >= 0.3 is 12.1 Å². The number of rotatable bonds is 9. The van der Waals surface area contributed by atoms with E-state index in [1.54, 1.807) is 20.8 Å². The van der Waals surface area contributed by atoms with E-state index in [0.717, 1.165) is 5.01 Å². The number of hydrogen-bond donors (Lipinski definition) is 1. The van der Waals surface area contributed by atoms with Crippen molar-refractivity contribution in [3.63, 3.8) is 0 Å². The zero-order valence-electron chi connectivity index (χ0n) is 17.8.